The SMILES string of the molecule is O=C[C@@H]1CC2(CN1C=O)SCCS2. The van der Waals surface area contributed by atoms with Crippen LogP contribution in [0.1, 0.15) is 6.42 Å². The summed E-state index contributed by atoms with van der Waals surface area (Å²) in [4.78, 5) is 23.0. The summed E-state index contributed by atoms with van der Waals surface area (Å²) in [5.41, 5.74) is 0. The predicted octanol–water partition coefficient (Wildman–Crippen LogP) is 0.592. The summed E-state index contributed by atoms with van der Waals surface area (Å²) in [5.74, 6) is 2.28. The Balaban J connectivity index is 2.11. The first-order valence-corrected chi connectivity index (χ1v) is 6.21. The van der Waals surface area contributed by atoms with Gasteiger partial charge in [0.15, 0.2) is 0 Å². The first kappa shape index (κ1) is 9.40. The van der Waals surface area contributed by atoms with E-state index in [4.69, 9.17) is 0 Å². The van der Waals surface area contributed by atoms with Crippen molar-refractivity contribution in [2.24, 2.45) is 0 Å². The molecule has 0 N–H and O–H groups in total. The van der Waals surface area contributed by atoms with Crippen LogP contribution in [0.2, 0.25) is 0 Å². The summed E-state index contributed by atoms with van der Waals surface area (Å²) < 4.78 is 0.131. The van der Waals surface area contributed by atoms with Gasteiger partial charge in [-0.15, -0.1) is 23.5 Å². The van der Waals surface area contributed by atoms with Gasteiger partial charge in [0.1, 0.15) is 6.29 Å². The molecule has 0 aromatic heterocycles. The van der Waals surface area contributed by atoms with Crippen LogP contribution in [0, 0.1) is 0 Å². The van der Waals surface area contributed by atoms with Crippen LogP contribution in [0.15, 0.2) is 0 Å². The van der Waals surface area contributed by atoms with Crippen molar-refractivity contribution in [3.8, 4) is 0 Å². The maximum atomic E-state index is 10.7. The smallest absolute Gasteiger partial charge is 0.210 e. The highest BCUT2D eigenvalue weighted by Crippen LogP contribution is 2.50. The highest BCUT2D eigenvalue weighted by atomic mass is 32.2. The minimum Gasteiger partial charge on any atom is -0.333 e. The van der Waals surface area contributed by atoms with Crippen molar-refractivity contribution in [2.45, 2.75) is 16.5 Å². The zero-order chi connectivity index (χ0) is 9.31. The summed E-state index contributed by atoms with van der Waals surface area (Å²) >= 11 is 3.79. The molecule has 1 spiro atoms. The van der Waals surface area contributed by atoms with Gasteiger partial charge in [0, 0.05) is 24.5 Å². The molecule has 5 heteroatoms. The second-order valence-electron chi connectivity index (χ2n) is 3.29. The highest BCUT2D eigenvalue weighted by Gasteiger charge is 2.46. The molecule has 0 unspecified atom stereocenters. The van der Waals surface area contributed by atoms with Crippen molar-refractivity contribution < 1.29 is 9.59 Å². The summed E-state index contributed by atoms with van der Waals surface area (Å²) in [7, 11) is 0. The second-order valence-corrected chi connectivity index (χ2v) is 6.51. The van der Waals surface area contributed by atoms with E-state index < -0.39 is 0 Å². The normalized spacial score (nSPS) is 31.1. The fraction of sp³-hybridized carbons (Fsp3) is 0.750. The van der Waals surface area contributed by atoms with E-state index in [1.54, 1.807) is 4.90 Å². The number of rotatable bonds is 2. The third-order valence-electron chi connectivity index (χ3n) is 2.48. The Morgan fingerprint density at radius 3 is 2.46 bits per heavy atom. The number of hydrogen-bond donors (Lipinski definition) is 0. The first-order chi connectivity index (χ1) is 6.29. The van der Waals surface area contributed by atoms with E-state index in [0.29, 0.717) is 0 Å². The largest absolute Gasteiger partial charge is 0.333 e. The second kappa shape index (κ2) is 3.53. The van der Waals surface area contributed by atoms with Gasteiger partial charge in [-0.05, 0) is 0 Å². The van der Waals surface area contributed by atoms with E-state index >= 15 is 0 Å². The van der Waals surface area contributed by atoms with Crippen LogP contribution in [0.5, 0.6) is 0 Å². The van der Waals surface area contributed by atoms with Crippen molar-refractivity contribution in [1.82, 2.24) is 4.90 Å². The van der Waals surface area contributed by atoms with E-state index in [-0.39, 0.29) is 10.1 Å². The zero-order valence-corrected chi connectivity index (χ0v) is 8.77. The van der Waals surface area contributed by atoms with Crippen molar-refractivity contribution in [2.75, 3.05) is 18.1 Å². The number of aldehydes is 1. The first-order valence-electron chi connectivity index (χ1n) is 4.24. The molecule has 0 aromatic carbocycles. The Morgan fingerprint density at radius 2 is 2.00 bits per heavy atom. The molecule has 0 radical (unpaired) electrons. The molecule has 0 saturated carbocycles. The number of amides is 1. The summed E-state index contributed by atoms with van der Waals surface area (Å²) in [5, 5.41) is 0. The highest BCUT2D eigenvalue weighted by molar-refractivity contribution is 8.21. The summed E-state index contributed by atoms with van der Waals surface area (Å²) in [6, 6.07) is -0.185. The molecule has 2 fully saturated rings. The Labute approximate surface area is 85.6 Å². The molecule has 3 nitrogen and oxygen atoms in total. The number of thioether (sulfide) groups is 2. The molecule has 2 saturated heterocycles. The molecule has 0 bridgehead atoms. The maximum Gasteiger partial charge on any atom is 0.210 e. The third kappa shape index (κ3) is 1.59. The van der Waals surface area contributed by atoms with E-state index in [1.165, 1.54) is 0 Å². The number of likely N-dealkylation sites (tertiary alicyclic amines) is 1. The van der Waals surface area contributed by atoms with Crippen molar-refractivity contribution in [3.63, 3.8) is 0 Å². The fourth-order valence-electron chi connectivity index (χ4n) is 1.84. The van der Waals surface area contributed by atoms with Gasteiger partial charge in [-0.2, -0.15) is 0 Å². The summed E-state index contributed by atoms with van der Waals surface area (Å²) in [6.07, 6.45) is 2.51. The molecule has 2 aliphatic rings. The van der Waals surface area contributed by atoms with Crippen LogP contribution >= 0.6 is 23.5 Å². The lowest BCUT2D eigenvalue weighted by Crippen LogP contribution is -2.29. The van der Waals surface area contributed by atoms with Crippen LogP contribution in [-0.4, -0.2) is 45.8 Å². The Morgan fingerprint density at radius 1 is 1.31 bits per heavy atom. The van der Waals surface area contributed by atoms with Gasteiger partial charge in [0.05, 0.1) is 10.1 Å². The summed E-state index contributed by atoms with van der Waals surface area (Å²) in [6.45, 7) is 0.731. The molecule has 1 amide bonds. The molecule has 2 heterocycles. The number of carbonyl (C=O) groups is 2. The molecule has 0 aromatic rings. The van der Waals surface area contributed by atoms with Crippen LogP contribution in [0.4, 0.5) is 0 Å². The molecule has 1 atom stereocenters. The van der Waals surface area contributed by atoms with Gasteiger partial charge in [-0.1, -0.05) is 0 Å². The van der Waals surface area contributed by atoms with Crippen molar-refractivity contribution in [1.29, 1.82) is 0 Å². The topological polar surface area (TPSA) is 37.4 Å². The van der Waals surface area contributed by atoms with E-state index in [1.807, 2.05) is 23.5 Å². The fourth-order valence-corrected chi connectivity index (χ4v) is 5.15. The number of carbonyl (C=O) groups excluding carboxylic acids is 2. The average Bonchev–Trinajstić information content (AvgIpc) is 2.74. The maximum absolute atomic E-state index is 10.7. The number of hydrogen-bond acceptors (Lipinski definition) is 4. The van der Waals surface area contributed by atoms with Crippen LogP contribution in [0.25, 0.3) is 0 Å². The van der Waals surface area contributed by atoms with E-state index in [0.717, 1.165) is 37.2 Å². The van der Waals surface area contributed by atoms with Crippen LogP contribution in [0.3, 0.4) is 0 Å². The van der Waals surface area contributed by atoms with Gasteiger partial charge in [-0.3, -0.25) is 4.79 Å². The molecule has 2 aliphatic heterocycles. The lowest BCUT2D eigenvalue weighted by Gasteiger charge is -2.19. The van der Waals surface area contributed by atoms with E-state index in [9.17, 15) is 9.59 Å². The third-order valence-corrected chi connectivity index (χ3v) is 5.90. The standard InChI is InChI=1S/C8H11NO2S2/c10-4-7-3-8(5-9(7)6-11)12-1-2-13-8/h4,6-7H,1-3,5H2/t7-/m0/s1. The van der Waals surface area contributed by atoms with Gasteiger partial charge in [-0.25, -0.2) is 0 Å². The van der Waals surface area contributed by atoms with Crippen molar-refractivity contribution in [3.05, 3.63) is 0 Å². The van der Waals surface area contributed by atoms with Gasteiger partial charge in [0.25, 0.3) is 0 Å². The molecule has 2 rings (SSSR count). The van der Waals surface area contributed by atoms with Gasteiger partial charge >= 0.3 is 0 Å². The van der Waals surface area contributed by atoms with Gasteiger partial charge in [0.2, 0.25) is 6.41 Å². The van der Waals surface area contributed by atoms with Crippen molar-refractivity contribution >= 4 is 36.2 Å². The van der Waals surface area contributed by atoms with E-state index in [2.05, 4.69) is 0 Å². The molecule has 0 aliphatic carbocycles. The lowest BCUT2D eigenvalue weighted by molar-refractivity contribution is -0.123. The van der Waals surface area contributed by atoms with Crippen LogP contribution < -0.4 is 0 Å². The molecule has 72 valence electrons. The average molecular weight is 217 g/mol. The predicted molar refractivity (Wildman–Crippen MR) is 54.9 cm³/mol. The molecule has 13 heavy (non-hydrogen) atoms. The quantitative estimate of drug-likeness (QED) is 0.635. The Kier molecular flexibility index (Phi) is 2.55. The Bertz CT molecular complexity index is 210. The lowest BCUT2D eigenvalue weighted by atomic mass is 10.2. The monoisotopic (exact) mass is 217 g/mol. The zero-order valence-electron chi connectivity index (χ0n) is 7.14. The van der Waals surface area contributed by atoms with Crippen LogP contribution in [-0.2, 0) is 9.59 Å². The number of nitrogens with zero attached hydrogens (tertiary/aromatic N) is 1. The molecular formula is C8H11NO2S2. The van der Waals surface area contributed by atoms with Gasteiger partial charge < -0.3 is 9.69 Å². The minimum absolute atomic E-state index is 0.131. The Hall–Kier alpha value is -0.160. The minimum atomic E-state index is -0.185. The molecular weight excluding hydrogens is 206 g/mol.